The fourth-order valence-corrected chi connectivity index (χ4v) is 2.40. The first kappa shape index (κ1) is 15.9. The molecule has 1 N–H and O–H groups in total. The molecule has 2 rings (SSSR count). The first-order valence-electron chi connectivity index (χ1n) is 6.94. The quantitative estimate of drug-likeness (QED) is 0.835. The van der Waals surface area contributed by atoms with E-state index in [4.69, 9.17) is 11.6 Å². The highest BCUT2D eigenvalue weighted by atomic mass is 35.5. The van der Waals surface area contributed by atoms with Crippen LogP contribution in [-0.2, 0) is 6.42 Å². The molecule has 0 radical (unpaired) electrons. The summed E-state index contributed by atoms with van der Waals surface area (Å²) in [6.45, 7) is 4.46. The molecule has 4 heteroatoms. The number of likely N-dealkylation sites (N-methyl/N-ethyl adjacent to an activating group) is 1. The largest absolute Gasteiger partial charge is 0.310 e. The molecule has 0 aliphatic carbocycles. The molecule has 1 unspecified atom stereocenters. The second kappa shape index (κ2) is 7.01. The van der Waals surface area contributed by atoms with Crippen LogP contribution in [0.25, 0.3) is 0 Å². The second-order valence-electron chi connectivity index (χ2n) is 5.07. The summed E-state index contributed by atoms with van der Waals surface area (Å²) < 4.78 is 27.3. The monoisotopic (exact) mass is 309 g/mol. The van der Waals surface area contributed by atoms with E-state index >= 15 is 0 Å². The average molecular weight is 310 g/mol. The van der Waals surface area contributed by atoms with Crippen LogP contribution in [0.3, 0.4) is 0 Å². The van der Waals surface area contributed by atoms with E-state index in [1.807, 2.05) is 13.0 Å². The highest BCUT2D eigenvalue weighted by Crippen LogP contribution is 2.23. The zero-order valence-corrected chi connectivity index (χ0v) is 12.8. The molecule has 21 heavy (non-hydrogen) atoms. The van der Waals surface area contributed by atoms with E-state index in [-0.39, 0.29) is 16.9 Å². The Hall–Kier alpha value is -1.45. The topological polar surface area (TPSA) is 12.0 Å². The Balaban J connectivity index is 2.25. The third kappa shape index (κ3) is 4.02. The van der Waals surface area contributed by atoms with Gasteiger partial charge in [-0.05, 0) is 54.8 Å². The predicted molar refractivity (Wildman–Crippen MR) is 82.7 cm³/mol. The maximum absolute atomic E-state index is 13.7. The summed E-state index contributed by atoms with van der Waals surface area (Å²) in [7, 11) is 0. The lowest BCUT2D eigenvalue weighted by atomic mass is 9.97. The van der Waals surface area contributed by atoms with Crippen LogP contribution >= 0.6 is 11.6 Å². The molecule has 0 saturated heterocycles. The lowest BCUT2D eigenvalue weighted by Crippen LogP contribution is -2.23. The molecule has 0 aliphatic rings. The Morgan fingerprint density at radius 1 is 1.10 bits per heavy atom. The molecule has 2 aromatic rings. The first-order valence-corrected chi connectivity index (χ1v) is 7.32. The van der Waals surface area contributed by atoms with Gasteiger partial charge < -0.3 is 5.32 Å². The van der Waals surface area contributed by atoms with Gasteiger partial charge in [-0.25, -0.2) is 8.78 Å². The van der Waals surface area contributed by atoms with Crippen molar-refractivity contribution in [2.24, 2.45) is 0 Å². The average Bonchev–Trinajstić information content (AvgIpc) is 2.45. The fourth-order valence-electron chi connectivity index (χ4n) is 2.28. The van der Waals surface area contributed by atoms with Crippen LogP contribution < -0.4 is 5.32 Å². The Labute approximate surface area is 128 Å². The molecule has 1 atom stereocenters. The smallest absolute Gasteiger partial charge is 0.142 e. The summed E-state index contributed by atoms with van der Waals surface area (Å²) >= 11 is 5.69. The summed E-state index contributed by atoms with van der Waals surface area (Å²) in [5.74, 6) is -0.655. The van der Waals surface area contributed by atoms with Gasteiger partial charge in [-0.2, -0.15) is 0 Å². The molecule has 0 fully saturated rings. The molecule has 0 aromatic heterocycles. The van der Waals surface area contributed by atoms with Gasteiger partial charge in [-0.3, -0.25) is 0 Å². The van der Waals surface area contributed by atoms with Gasteiger partial charge in [0.25, 0.3) is 0 Å². The van der Waals surface area contributed by atoms with E-state index < -0.39 is 5.82 Å². The van der Waals surface area contributed by atoms with Crippen molar-refractivity contribution in [3.05, 3.63) is 69.7 Å². The molecule has 112 valence electrons. The van der Waals surface area contributed by atoms with Crippen molar-refractivity contribution < 1.29 is 8.78 Å². The third-order valence-electron chi connectivity index (χ3n) is 3.47. The van der Waals surface area contributed by atoms with Crippen molar-refractivity contribution >= 4 is 11.6 Å². The van der Waals surface area contributed by atoms with Gasteiger partial charge in [0, 0.05) is 6.04 Å². The number of rotatable bonds is 5. The molecular weight excluding hydrogens is 292 g/mol. The SMILES string of the molecule is CCNC(Cc1ccc(Cl)c(F)c1)c1ccc(C)c(F)c1. The van der Waals surface area contributed by atoms with Crippen molar-refractivity contribution in [2.45, 2.75) is 26.3 Å². The standard InChI is InChI=1S/C17H18ClF2N/c1-3-21-17(13-6-4-11(2)15(19)10-13)9-12-5-7-14(18)16(20)8-12/h4-8,10,17,21H,3,9H2,1-2H3. The highest BCUT2D eigenvalue weighted by Gasteiger charge is 2.14. The summed E-state index contributed by atoms with van der Waals surface area (Å²) in [4.78, 5) is 0. The lowest BCUT2D eigenvalue weighted by Gasteiger charge is -2.19. The summed E-state index contributed by atoms with van der Waals surface area (Å²) in [6, 6.07) is 9.90. The highest BCUT2D eigenvalue weighted by molar-refractivity contribution is 6.30. The van der Waals surface area contributed by atoms with Crippen molar-refractivity contribution in [3.8, 4) is 0 Å². The van der Waals surface area contributed by atoms with E-state index in [9.17, 15) is 8.78 Å². The lowest BCUT2D eigenvalue weighted by molar-refractivity contribution is 0.539. The van der Waals surface area contributed by atoms with Crippen LogP contribution in [0.1, 0.15) is 29.7 Å². The molecule has 0 heterocycles. The second-order valence-corrected chi connectivity index (χ2v) is 5.48. The Morgan fingerprint density at radius 2 is 1.86 bits per heavy atom. The van der Waals surface area contributed by atoms with Gasteiger partial charge in [-0.15, -0.1) is 0 Å². The van der Waals surface area contributed by atoms with Crippen molar-refractivity contribution in [3.63, 3.8) is 0 Å². The number of hydrogen-bond acceptors (Lipinski definition) is 1. The minimum atomic E-state index is -0.431. The van der Waals surface area contributed by atoms with Crippen molar-refractivity contribution in [2.75, 3.05) is 6.54 Å². The minimum Gasteiger partial charge on any atom is -0.310 e. The molecular formula is C17H18ClF2N. The maximum Gasteiger partial charge on any atom is 0.142 e. The van der Waals surface area contributed by atoms with Crippen LogP contribution in [0.15, 0.2) is 36.4 Å². The van der Waals surface area contributed by atoms with Crippen LogP contribution in [0.5, 0.6) is 0 Å². The normalized spacial score (nSPS) is 12.4. The molecule has 2 aromatic carbocycles. The van der Waals surface area contributed by atoms with Crippen LogP contribution in [0, 0.1) is 18.6 Å². The molecule has 0 spiro atoms. The maximum atomic E-state index is 13.7. The van der Waals surface area contributed by atoms with Crippen LogP contribution in [-0.4, -0.2) is 6.54 Å². The number of benzene rings is 2. The molecule has 0 amide bonds. The van der Waals surface area contributed by atoms with Gasteiger partial charge in [0.2, 0.25) is 0 Å². The number of halogens is 3. The number of nitrogens with one attached hydrogen (secondary N) is 1. The minimum absolute atomic E-state index is 0.0642. The summed E-state index contributed by atoms with van der Waals surface area (Å²) in [6.07, 6.45) is 0.574. The van der Waals surface area contributed by atoms with Gasteiger partial charge in [0.15, 0.2) is 0 Å². The third-order valence-corrected chi connectivity index (χ3v) is 3.78. The van der Waals surface area contributed by atoms with E-state index in [0.717, 1.165) is 17.7 Å². The molecule has 0 saturated carbocycles. The molecule has 0 bridgehead atoms. The Kier molecular flexibility index (Phi) is 5.32. The summed E-state index contributed by atoms with van der Waals surface area (Å²) in [5.41, 5.74) is 2.30. The van der Waals surface area contributed by atoms with E-state index in [0.29, 0.717) is 12.0 Å². The fraction of sp³-hybridized carbons (Fsp3) is 0.294. The zero-order valence-electron chi connectivity index (χ0n) is 12.1. The number of hydrogen-bond donors (Lipinski definition) is 1. The van der Waals surface area contributed by atoms with E-state index in [1.165, 1.54) is 12.1 Å². The zero-order chi connectivity index (χ0) is 15.4. The Morgan fingerprint density at radius 3 is 2.48 bits per heavy atom. The van der Waals surface area contributed by atoms with Crippen molar-refractivity contribution in [1.29, 1.82) is 0 Å². The van der Waals surface area contributed by atoms with Gasteiger partial charge >= 0.3 is 0 Å². The van der Waals surface area contributed by atoms with E-state index in [2.05, 4.69) is 5.32 Å². The van der Waals surface area contributed by atoms with Gasteiger partial charge in [0.1, 0.15) is 11.6 Å². The number of aryl methyl sites for hydroxylation is 1. The molecule has 1 nitrogen and oxygen atoms in total. The van der Waals surface area contributed by atoms with Crippen LogP contribution in [0.2, 0.25) is 5.02 Å². The van der Waals surface area contributed by atoms with Crippen LogP contribution in [0.4, 0.5) is 8.78 Å². The van der Waals surface area contributed by atoms with Gasteiger partial charge in [-0.1, -0.05) is 36.7 Å². The molecule has 0 aliphatic heterocycles. The first-order chi connectivity index (χ1) is 10.0. The van der Waals surface area contributed by atoms with E-state index in [1.54, 1.807) is 25.1 Å². The van der Waals surface area contributed by atoms with Crippen molar-refractivity contribution in [1.82, 2.24) is 5.32 Å². The summed E-state index contributed by atoms with van der Waals surface area (Å²) in [5, 5.41) is 3.42. The Bertz CT molecular complexity index is 628. The van der Waals surface area contributed by atoms with Gasteiger partial charge in [0.05, 0.1) is 5.02 Å². The predicted octanol–water partition coefficient (Wildman–Crippen LogP) is 4.82.